The number of methoxy groups -OCH3 is 1. The molecule has 0 aliphatic carbocycles. The number of nitrogens with one attached hydrogen (secondary N) is 1. The van der Waals surface area contributed by atoms with Crippen molar-refractivity contribution in [1.82, 2.24) is 9.97 Å². The Kier molecular flexibility index (Phi) is 5.60. The number of nitrogens with zero attached hydrogens (tertiary/aromatic N) is 1. The highest BCUT2D eigenvalue weighted by atomic mass is 32.2. The minimum Gasteiger partial charge on any atom is -0.469 e. The first-order chi connectivity index (χ1) is 8.89. The maximum atomic E-state index is 11.6. The molecule has 0 atom stereocenters. The van der Waals surface area contributed by atoms with Gasteiger partial charge in [-0.1, -0.05) is 25.1 Å². The van der Waals surface area contributed by atoms with Crippen LogP contribution in [0.1, 0.15) is 32.9 Å². The minimum absolute atomic E-state index is 0.156. The van der Waals surface area contributed by atoms with Gasteiger partial charge in [-0.25, -0.2) is 4.98 Å². The van der Waals surface area contributed by atoms with Crippen molar-refractivity contribution in [3.8, 4) is 0 Å². The lowest BCUT2D eigenvalue weighted by molar-refractivity contribution is -0.149. The molecule has 0 unspecified atom stereocenters. The summed E-state index contributed by atoms with van der Waals surface area (Å²) in [5, 5.41) is 0.549. The first kappa shape index (κ1) is 15.8. The van der Waals surface area contributed by atoms with E-state index in [0.29, 0.717) is 10.9 Å². The van der Waals surface area contributed by atoms with Crippen molar-refractivity contribution >= 4 is 17.7 Å². The first-order valence-electron chi connectivity index (χ1n) is 6.20. The maximum Gasteiger partial charge on any atom is 0.312 e. The molecule has 0 aromatic carbocycles. The van der Waals surface area contributed by atoms with Crippen molar-refractivity contribution in [2.75, 3.05) is 12.9 Å². The molecule has 1 aromatic rings. The number of ether oxygens (including phenoxy) is 1. The highest BCUT2D eigenvalue weighted by molar-refractivity contribution is 7.99. The summed E-state index contributed by atoms with van der Waals surface area (Å²) >= 11 is 1.36. The van der Waals surface area contributed by atoms with E-state index >= 15 is 0 Å². The number of aryl methyl sites for hydroxylation is 1. The lowest BCUT2D eigenvalue weighted by Crippen LogP contribution is -2.28. The van der Waals surface area contributed by atoms with Crippen LogP contribution in [0, 0.1) is 5.41 Å². The number of aromatic nitrogens is 2. The van der Waals surface area contributed by atoms with Crippen molar-refractivity contribution in [3.63, 3.8) is 0 Å². The van der Waals surface area contributed by atoms with Gasteiger partial charge in [-0.2, -0.15) is 0 Å². The van der Waals surface area contributed by atoms with Gasteiger partial charge in [-0.15, -0.1) is 0 Å². The smallest absolute Gasteiger partial charge is 0.312 e. The second kappa shape index (κ2) is 6.75. The molecule has 0 saturated heterocycles. The third-order valence-corrected chi connectivity index (χ3v) is 3.92. The summed E-state index contributed by atoms with van der Waals surface area (Å²) in [4.78, 5) is 30.1. The van der Waals surface area contributed by atoms with E-state index in [2.05, 4.69) is 9.97 Å². The van der Waals surface area contributed by atoms with Crippen LogP contribution in [0.2, 0.25) is 0 Å². The molecule has 1 heterocycles. The van der Waals surface area contributed by atoms with Gasteiger partial charge in [0.1, 0.15) is 0 Å². The van der Waals surface area contributed by atoms with E-state index in [1.54, 1.807) is 13.8 Å². The fourth-order valence-electron chi connectivity index (χ4n) is 1.52. The van der Waals surface area contributed by atoms with Crippen LogP contribution in [-0.4, -0.2) is 28.8 Å². The summed E-state index contributed by atoms with van der Waals surface area (Å²) in [6.45, 7) is 5.65. The molecule has 0 saturated carbocycles. The maximum absolute atomic E-state index is 11.6. The number of esters is 1. The Hall–Kier alpha value is -1.30. The van der Waals surface area contributed by atoms with Gasteiger partial charge in [-0.3, -0.25) is 9.59 Å². The predicted molar refractivity (Wildman–Crippen MR) is 75.4 cm³/mol. The Labute approximate surface area is 117 Å². The second-order valence-corrected chi connectivity index (χ2v) is 5.92. The van der Waals surface area contributed by atoms with Crippen LogP contribution in [0.3, 0.4) is 0 Å². The van der Waals surface area contributed by atoms with E-state index in [-0.39, 0.29) is 11.5 Å². The number of hydrogen-bond acceptors (Lipinski definition) is 5. The fraction of sp³-hybridized carbons (Fsp3) is 0.615. The molecule has 0 fully saturated rings. The van der Waals surface area contributed by atoms with Crippen LogP contribution < -0.4 is 5.56 Å². The Morgan fingerprint density at radius 3 is 2.79 bits per heavy atom. The zero-order chi connectivity index (χ0) is 14.5. The van der Waals surface area contributed by atoms with Crippen LogP contribution in [0.5, 0.6) is 0 Å². The van der Waals surface area contributed by atoms with E-state index in [0.717, 1.165) is 18.5 Å². The van der Waals surface area contributed by atoms with Gasteiger partial charge in [-0.05, 0) is 20.3 Å². The molecule has 19 heavy (non-hydrogen) atoms. The number of rotatable bonds is 6. The van der Waals surface area contributed by atoms with Crippen LogP contribution in [0.4, 0.5) is 0 Å². The molecule has 5 nitrogen and oxygen atoms in total. The topological polar surface area (TPSA) is 72.0 Å². The molecule has 0 spiro atoms. The summed E-state index contributed by atoms with van der Waals surface area (Å²) in [7, 11) is 1.37. The second-order valence-electron chi connectivity index (χ2n) is 4.96. The van der Waals surface area contributed by atoms with Crippen LogP contribution in [0.15, 0.2) is 16.0 Å². The molecule has 1 N–H and O–H groups in total. The fourth-order valence-corrected chi connectivity index (χ4v) is 2.49. The van der Waals surface area contributed by atoms with Gasteiger partial charge in [0.05, 0.1) is 12.5 Å². The van der Waals surface area contributed by atoms with Crippen molar-refractivity contribution in [2.45, 2.75) is 38.8 Å². The average molecular weight is 284 g/mol. The van der Waals surface area contributed by atoms with E-state index < -0.39 is 5.41 Å². The van der Waals surface area contributed by atoms with Crippen molar-refractivity contribution in [2.24, 2.45) is 5.41 Å². The lowest BCUT2D eigenvalue weighted by Gasteiger charge is -2.20. The summed E-state index contributed by atoms with van der Waals surface area (Å²) in [6.07, 6.45) is 1.71. The Bertz CT molecular complexity index is 497. The summed E-state index contributed by atoms with van der Waals surface area (Å²) < 4.78 is 4.74. The van der Waals surface area contributed by atoms with Gasteiger partial charge in [0.2, 0.25) is 0 Å². The molecule has 0 aliphatic rings. The van der Waals surface area contributed by atoms with E-state index in [1.165, 1.54) is 24.9 Å². The zero-order valence-corrected chi connectivity index (χ0v) is 12.6. The largest absolute Gasteiger partial charge is 0.469 e. The molecule has 0 aliphatic heterocycles. The van der Waals surface area contributed by atoms with Crippen LogP contribution in [0.25, 0.3) is 0 Å². The molecular formula is C13H20N2O3S. The summed E-state index contributed by atoms with van der Waals surface area (Å²) in [5.41, 5.74) is 0.0140. The number of carbonyl (C=O) groups is 1. The molecule has 0 radical (unpaired) electrons. The van der Waals surface area contributed by atoms with Gasteiger partial charge in [0.15, 0.2) is 5.16 Å². The first-order valence-corrected chi connectivity index (χ1v) is 7.19. The molecule has 1 rings (SSSR count). The quantitative estimate of drug-likeness (QED) is 0.491. The number of H-pyrrole nitrogens is 1. The highest BCUT2D eigenvalue weighted by Gasteiger charge is 2.29. The Morgan fingerprint density at radius 1 is 1.53 bits per heavy atom. The van der Waals surface area contributed by atoms with Gasteiger partial charge in [0.25, 0.3) is 5.56 Å². The zero-order valence-electron chi connectivity index (χ0n) is 11.8. The molecule has 1 aromatic heterocycles. The van der Waals surface area contributed by atoms with Crippen LogP contribution >= 0.6 is 11.8 Å². The monoisotopic (exact) mass is 284 g/mol. The summed E-state index contributed by atoms with van der Waals surface area (Å²) in [6, 6.07) is 1.51. The number of carbonyl (C=O) groups excluding carboxylic acids is 1. The van der Waals surface area contributed by atoms with Crippen molar-refractivity contribution in [3.05, 3.63) is 22.1 Å². The summed E-state index contributed by atoms with van der Waals surface area (Å²) in [5.74, 6) is 0.227. The minimum atomic E-state index is -0.612. The van der Waals surface area contributed by atoms with E-state index in [1.807, 2.05) is 6.92 Å². The van der Waals surface area contributed by atoms with E-state index in [9.17, 15) is 9.59 Å². The highest BCUT2D eigenvalue weighted by Crippen LogP contribution is 2.26. The van der Waals surface area contributed by atoms with Gasteiger partial charge >= 0.3 is 5.97 Å². The molecule has 0 amide bonds. The standard InChI is InChI=1S/C13H20N2O3S/c1-5-6-9-7-10(16)15-12(14-9)19-8-13(2,3)11(17)18-4/h7H,5-6,8H2,1-4H3,(H,14,15,16). The average Bonchev–Trinajstić information content (AvgIpc) is 2.35. The normalized spacial score (nSPS) is 11.4. The third-order valence-electron chi connectivity index (χ3n) is 2.59. The predicted octanol–water partition coefficient (Wildman–Crippen LogP) is 2.01. The van der Waals surface area contributed by atoms with Crippen LogP contribution in [-0.2, 0) is 16.0 Å². The van der Waals surface area contributed by atoms with Crippen molar-refractivity contribution in [1.29, 1.82) is 0 Å². The Morgan fingerprint density at radius 2 is 2.21 bits per heavy atom. The molecule has 6 heteroatoms. The van der Waals surface area contributed by atoms with Gasteiger partial charge in [0, 0.05) is 17.5 Å². The third kappa shape index (κ3) is 4.70. The molecule has 106 valence electrons. The van der Waals surface area contributed by atoms with E-state index in [4.69, 9.17) is 4.74 Å². The van der Waals surface area contributed by atoms with Gasteiger partial charge < -0.3 is 9.72 Å². The number of hydrogen-bond donors (Lipinski definition) is 1. The number of aromatic amines is 1. The number of thioether (sulfide) groups is 1. The SMILES string of the molecule is CCCc1cc(=O)[nH]c(SCC(C)(C)C(=O)OC)n1. The Balaban J connectivity index is 2.77. The van der Waals surface area contributed by atoms with Crippen molar-refractivity contribution < 1.29 is 9.53 Å². The molecule has 0 bridgehead atoms. The lowest BCUT2D eigenvalue weighted by atomic mass is 9.97. The molecular weight excluding hydrogens is 264 g/mol.